The van der Waals surface area contributed by atoms with Crippen molar-refractivity contribution in [3.8, 4) is 5.69 Å². The van der Waals surface area contributed by atoms with Crippen molar-refractivity contribution in [1.82, 2.24) is 20.1 Å². The van der Waals surface area contributed by atoms with E-state index in [1.54, 1.807) is 25.1 Å². The molecular formula is C15H16Cl2N4O3. The van der Waals surface area contributed by atoms with Gasteiger partial charge in [-0.1, -0.05) is 43.1 Å². The summed E-state index contributed by atoms with van der Waals surface area (Å²) in [5, 5.41) is 16.3. The predicted octanol–water partition coefficient (Wildman–Crippen LogP) is 2.73. The fraction of sp³-hybridized carbons (Fsp3) is 0.333. The van der Waals surface area contributed by atoms with Crippen LogP contribution in [0.4, 0.5) is 0 Å². The quantitative estimate of drug-likeness (QED) is 0.814. The van der Waals surface area contributed by atoms with E-state index < -0.39 is 17.9 Å². The number of para-hydroxylation sites is 1. The first-order valence-corrected chi connectivity index (χ1v) is 8.08. The SMILES string of the molecule is CCc1nc(C(=O)NC(CC)C(=O)O)nn1-c1c(Cl)cccc1Cl. The van der Waals surface area contributed by atoms with Crippen LogP contribution in [0.5, 0.6) is 0 Å². The van der Waals surface area contributed by atoms with Gasteiger partial charge < -0.3 is 10.4 Å². The van der Waals surface area contributed by atoms with E-state index in [1.807, 2.05) is 6.92 Å². The highest BCUT2D eigenvalue weighted by Crippen LogP contribution is 2.28. The number of hydrogen-bond donors (Lipinski definition) is 2. The fourth-order valence-electron chi connectivity index (χ4n) is 2.10. The van der Waals surface area contributed by atoms with Gasteiger partial charge in [0.05, 0.1) is 10.0 Å². The first-order valence-electron chi connectivity index (χ1n) is 7.33. The van der Waals surface area contributed by atoms with Gasteiger partial charge in [-0.2, -0.15) is 0 Å². The maximum absolute atomic E-state index is 12.2. The predicted molar refractivity (Wildman–Crippen MR) is 89.9 cm³/mol. The van der Waals surface area contributed by atoms with E-state index in [-0.39, 0.29) is 12.2 Å². The molecule has 128 valence electrons. The second-order valence-electron chi connectivity index (χ2n) is 4.96. The summed E-state index contributed by atoms with van der Waals surface area (Å²) in [5.41, 5.74) is 0.425. The van der Waals surface area contributed by atoms with Gasteiger partial charge in [-0.05, 0) is 18.6 Å². The lowest BCUT2D eigenvalue weighted by molar-refractivity contribution is -0.139. The fourth-order valence-corrected chi connectivity index (χ4v) is 2.66. The monoisotopic (exact) mass is 370 g/mol. The Morgan fingerprint density at radius 2 is 1.92 bits per heavy atom. The Morgan fingerprint density at radius 3 is 2.42 bits per heavy atom. The van der Waals surface area contributed by atoms with Crippen LogP contribution in [0.3, 0.4) is 0 Å². The standard InChI is InChI=1S/C15H16Cl2N4O3/c1-3-10(15(23)24)18-14(22)13-19-11(4-2)21(20-13)12-8(16)6-5-7-9(12)17/h5-7,10H,3-4H2,1-2H3,(H,18,22)(H,23,24). The Kier molecular flexibility index (Phi) is 5.80. The average Bonchev–Trinajstić information content (AvgIpc) is 2.96. The lowest BCUT2D eigenvalue weighted by atomic mass is 10.2. The summed E-state index contributed by atoms with van der Waals surface area (Å²) in [6.07, 6.45) is 0.733. The third kappa shape index (κ3) is 3.68. The van der Waals surface area contributed by atoms with Gasteiger partial charge >= 0.3 is 5.97 Å². The molecule has 2 aromatic rings. The third-order valence-corrected chi connectivity index (χ3v) is 3.96. The molecular weight excluding hydrogens is 355 g/mol. The largest absolute Gasteiger partial charge is 0.480 e. The van der Waals surface area contributed by atoms with Crippen LogP contribution in [-0.4, -0.2) is 37.8 Å². The molecule has 0 aliphatic carbocycles. The number of aliphatic carboxylic acids is 1. The summed E-state index contributed by atoms with van der Waals surface area (Å²) in [6, 6.07) is 4.00. The molecule has 0 fully saturated rings. The summed E-state index contributed by atoms with van der Waals surface area (Å²) in [6.45, 7) is 3.51. The number of carboxylic acid groups (broad SMARTS) is 1. The zero-order valence-corrected chi connectivity index (χ0v) is 14.6. The molecule has 1 aromatic heterocycles. The normalized spacial score (nSPS) is 12.0. The van der Waals surface area contributed by atoms with Gasteiger partial charge in [0.2, 0.25) is 5.82 Å². The first-order chi connectivity index (χ1) is 11.4. The topological polar surface area (TPSA) is 97.1 Å². The van der Waals surface area contributed by atoms with E-state index in [4.69, 9.17) is 28.3 Å². The number of carboxylic acids is 1. The van der Waals surface area contributed by atoms with E-state index in [0.717, 1.165) is 0 Å². The van der Waals surface area contributed by atoms with Crippen molar-refractivity contribution >= 4 is 35.1 Å². The minimum Gasteiger partial charge on any atom is -0.480 e. The van der Waals surface area contributed by atoms with Crippen LogP contribution in [-0.2, 0) is 11.2 Å². The van der Waals surface area contributed by atoms with E-state index in [2.05, 4.69) is 15.4 Å². The van der Waals surface area contributed by atoms with Crippen molar-refractivity contribution in [2.45, 2.75) is 32.7 Å². The van der Waals surface area contributed by atoms with Gasteiger partial charge in [0.15, 0.2) is 0 Å². The van der Waals surface area contributed by atoms with Crippen LogP contribution in [0.2, 0.25) is 10.0 Å². The number of nitrogens with zero attached hydrogens (tertiary/aromatic N) is 3. The third-order valence-electron chi connectivity index (χ3n) is 3.35. The van der Waals surface area contributed by atoms with Crippen LogP contribution < -0.4 is 5.32 Å². The maximum atomic E-state index is 12.2. The minimum absolute atomic E-state index is 0.137. The van der Waals surface area contributed by atoms with Gasteiger partial charge in [-0.25, -0.2) is 14.5 Å². The van der Waals surface area contributed by atoms with Crippen LogP contribution in [0, 0.1) is 0 Å². The number of aryl methyl sites for hydroxylation is 1. The van der Waals surface area contributed by atoms with E-state index in [1.165, 1.54) is 4.68 Å². The summed E-state index contributed by atoms with van der Waals surface area (Å²) in [4.78, 5) is 27.4. The molecule has 7 nitrogen and oxygen atoms in total. The number of carbonyl (C=O) groups is 2. The molecule has 24 heavy (non-hydrogen) atoms. The number of amides is 1. The zero-order chi connectivity index (χ0) is 17.9. The van der Waals surface area contributed by atoms with Crippen molar-refractivity contribution in [3.05, 3.63) is 39.9 Å². The number of benzene rings is 1. The van der Waals surface area contributed by atoms with Crippen molar-refractivity contribution < 1.29 is 14.7 Å². The smallest absolute Gasteiger partial charge is 0.326 e. The molecule has 0 saturated carbocycles. The first kappa shape index (κ1) is 18.2. The molecule has 0 spiro atoms. The summed E-state index contributed by atoms with van der Waals surface area (Å²) < 4.78 is 1.40. The number of rotatable bonds is 6. The molecule has 0 saturated heterocycles. The molecule has 2 rings (SSSR count). The minimum atomic E-state index is -1.12. The highest BCUT2D eigenvalue weighted by atomic mass is 35.5. The van der Waals surface area contributed by atoms with Crippen molar-refractivity contribution in [3.63, 3.8) is 0 Å². The number of hydrogen-bond acceptors (Lipinski definition) is 4. The average molecular weight is 371 g/mol. The number of halogens is 2. The van der Waals surface area contributed by atoms with Crippen molar-refractivity contribution in [2.75, 3.05) is 0 Å². The number of aromatic nitrogens is 3. The molecule has 0 bridgehead atoms. The van der Waals surface area contributed by atoms with Crippen LogP contribution >= 0.6 is 23.2 Å². The van der Waals surface area contributed by atoms with Gasteiger partial charge in [0.1, 0.15) is 17.6 Å². The summed E-state index contributed by atoms with van der Waals surface area (Å²) in [5.74, 6) is -1.43. The Morgan fingerprint density at radius 1 is 1.29 bits per heavy atom. The van der Waals surface area contributed by atoms with Crippen LogP contribution in [0.15, 0.2) is 18.2 Å². The van der Waals surface area contributed by atoms with Gasteiger partial charge in [0, 0.05) is 6.42 Å². The molecule has 1 aromatic carbocycles. The van der Waals surface area contributed by atoms with E-state index in [0.29, 0.717) is 28.0 Å². The van der Waals surface area contributed by atoms with Crippen molar-refractivity contribution in [1.29, 1.82) is 0 Å². The lowest BCUT2D eigenvalue weighted by Crippen LogP contribution is -2.40. The number of nitrogens with one attached hydrogen (secondary N) is 1. The second kappa shape index (κ2) is 7.63. The van der Waals surface area contributed by atoms with Crippen molar-refractivity contribution in [2.24, 2.45) is 0 Å². The van der Waals surface area contributed by atoms with E-state index >= 15 is 0 Å². The Labute approximate surface area is 148 Å². The molecule has 9 heteroatoms. The van der Waals surface area contributed by atoms with Crippen LogP contribution in [0.25, 0.3) is 5.69 Å². The molecule has 1 amide bonds. The molecule has 2 N–H and O–H groups in total. The summed E-state index contributed by atoms with van der Waals surface area (Å²) >= 11 is 12.4. The second-order valence-corrected chi connectivity index (χ2v) is 5.77. The summed E-state index contributed by atoms with van der Waals surface area (Å²) in [7, 11) is 0. The lowest BCUT2D eigenvalue weighted by Gasteiger charge is -2.10. The van der Waals surface area contributed by atoms with E-state index in [9.17, 15) is 9.59 Å². The highest BCUT2D eigenvalue weighted by molar-refractivity contribution is 6.37. The van der Waals surface area contributed by atoms with Gasteiger partial charge in [-0.3, -0.25) is 4.79 Å². The Bertz CT molecular complexity index is 756. The van der Waals surface area contributed by atoms with Crippen LogP contribution in [0.1, 0.15) is 36.7 Å². The molecule has 0 radical (unpaired) electrons. The Hall–Kier alpha value is -2.12. The molecule has 1 atom stereocenters. The highest BCUT2D eigenvalue weighted by Gasteiger charge is 2.23. The molecule has 1 heterocycles. The molecule has 0 aliphatic rings. The Balaban J connectivity index is 2.41. The molecule has 1 unspecified atom stereocenters. The zero-order valence-electron chi connectivity index (χ0n) is 13.1. The van der Waals surface area contributed by atoms with Gasteiger partial charge in [-0.15, -0.1) is 5.10 Å². The molecule has 0 aliphatic heterocycles. The van der Waals surface area contributed by atoms with Gasteiger partial charge in [0.25, 0.3) is 5.91 Å². The maximum Gasteiger partial charge on any atom is 0.326 e. The number of carbonyl (C=O) groups excluding carboxylic acids is 1.